The third-order valence-corrected chi connectivity index (χ3v) is 5.92. The first kappa shape index (κ1) is 21.8. The first-order chi connectivity index (χ1) is 12.8. The Balaban J connectivity index is 2.01. The van der Waals surface area contributed by atoms with Gasteiger partial charge in [0, 0.05) is 35.4 Å². The van der Waals surface area contributed by atoms with Crippen LogP contribution in [-0.2, 0) is 18.3 Å². The molecule has 1 aromatic heterocycles. The van der Waals surface area contributed by atoms with Gasteiger partial charge in [-0.2, -0.15) is 0 Å². The second kappa shape index (κ2) is 10.2. The maximum absolute atomic E-state index is 12.6. The van der Waals surface area contributed by atoms with E-state index in [9.17, 15) is 9.59 Å². The van der Waals surface area contributed by atoms with Gasteiger partial charge in [0.25, 0.3) is 5.56 Å². The third-order valence-electron chi connectivity index (χ3n) is 4.02. The minimum atomic E-state index is -0.310. The third kappa shape index (κ3) is 6.26. The molecule has 0 bridgehead atoms. The minimum absolute atomic E-state index is 0.0670. The van der Waals surface area contributed by atoms with Crippen LogP contribution in [0.1, 0.15) is 31.0 Å². The summed E-state index contributed by atoms with van der Waals surface area (Å²) in [5, 5.41) is 4.38. The van der Waals surface area contributed by atoms with Crippen LogP contribution in [0.25, 0.3) is 0 Å². The van der Waals surface area contributed by atoms with Gasteiger partial charge in [0.1, 0.15) is 0 Å². The predicted molar refractivity (Wildman–Crippen MR) is 112 cm³/mol. The molecule has 146 valence electrons. The molecule has 0 aliphatic carbocycles. The Morgan fingerprint density at radius 3 is 2.74 bits per heavy atom. The number of rotatable bonds is 8. The van der Waals surface area contributed by atoms with Gasteiger partial charge in [0.15, 0.2) is 5.16 Å². The summed E-state index contributed by atoms with van der Waals surface area (Å²) in [6, 6.07) is 6.82. The number of hydrogen-bond donors (Lipinski definition) is 1. The Kier molecular flexibility index (Phi) is 8.20. The molecule has 0 spiro atoms. The normalized spacial score (nSPS) is 12.0. The number of carbonyl (C=O) groups excluding carboxylic acids is 1. The summed E-state index contributed by atoms with van der Waals surface area (Å²) in [7, 11) is 1.67. The zero-order valence-corrected chi connectivity index (χ0v) is 17.9. The zero-order valence-electron chi connectivity index (χ0n) is 15.6. The van der Waals surface area contributed by atoms with E-state index in [1.54, 1.807) is 26.1 Å². The molecule has 1 aromatic carbocycles. The van der Waals surface area contributed by atoms with Gasteiger partial charge in [-0.3, -0.25) is 14.2 Å². The highest BCUT2D eigenvalue weighted by Gasteiger charge is 2.21. The summed E-state index contributed by atoms with van der Waals surface area (Å²) >= 11 is 13.4. The van der Waals surface area contributed by atoms with Crippen molar-refractivity contribution < 1.29 is 4.79 Å². The van der Waals surface area contributed by atoms with Crippen LogP contribution >= 0.6 is 35.0 Å². The van der Waals surface area contributed by atoms with Gasteiger partial charge in [0.2, 0.25) is 5.91 Å². The molecule has 0 radical (unpaired) electrons. The highest BCUT2D eigenvalue weighted by molar-refractivity contribution is 8.00. The number of benzene rings is 1. The summed E-state index contributed by atoms with van der Waals surface area (Å²) in [4.78, 5) is 29.0. The molecule has 0 saturated carbocycles. The van der Waals surface area contributed by atoms with E-state index in [1.165, 1.54) is 22.4 Å². The number of nitrogens with one attached hydrogen (secondary N) is 1. The molecule has 1 unspecified atom stereocenters. The van der Waals surface area contributed by atoms with Crippen molar-refractivity contribution in [3.05, 3.63) is 55.9 Å². The molecule has 1 atom stereocenters. The molecule has 2 rings (SSSR count). The summed E-state index contributed by atoms with van der Waals surface area (Å²) < 4.78 is 1.47. The van der Waals surface area contributed by atoms with Gasteiger partial charge >= 0.3 is 0 Å². The van der Waals surface area contributed by atoms with Gasteiger partial charge in [-0.1, -0.05) is 54.4 Å². The molecule has 0 fully saturated rings. The number of amides is 1. The zero-order chi connectivity index (χ0) is 20.0. The molecule has 5 nitrogen and oxygen atoms in total. The van der Waals surface area contributed by atoms with Crippen molar-refractivity contribution in [2.24, 2.45) is 7.05 Å². The monoisotopic (exact) mass is 427 g/mol. The molecule has 0 aliphatic heterocycles. The van der Waals surface area contributed by atoms with E-state index in [2.05, 4.69) is 10.3 Å². The molecule has 8 heteroatoms. The average molecular weight is 428 g/mol. The smallest absolute Gasteiger partial charge is 0.254 e. The number of aromatic nitrogens is 2. The Morgan fingerprint density at radius 1 is 1.33 bits per heavy atom. The van der Waals surface area contributed by atoms with Crippen LogP contribution in [0.4, 0.5) is 0 Å². The quantitative estimate of drug-likeness (QED) is 0.510. The number of halogens is 2. The lowest BCUT2D eigenvalue weighted by Crippen LogP contribution is -2.34. The first-order valence-corrected chi connectivity index (χ1v) is 10.4. The van der Waals surface area contributed by atoms with Crippen molar-refractivity contribution in [1.82, 2.24) is 14.9 Å². The fourth-order valence-electron chi connectivity index (χ4n) is 2.52. The molecule has 27 heavy (non-hydrogen) atoms. The summed E-state index contributed by atoms with van der Waals surface area (Å²) in [5.41, 5.74) is 1.45. The molecule has 1 amide bonds. The molecular formula is C19H23Cl2N3O2S. The maximum Gasteiger partial charge on any atom is 0.254 e. The number of hydrogen-bond acceptors (Lipinski definition) is 4. The van der Waals surface area contributed by atoms with Crippen LogP contribution < -0.4 is 10.9 Å². The lowest BCUT2D eigenvalue weighted by Gasteiger charge is -2.17. The summed E-state index contributed by atoms with van der Waals surface area (Å²) in [6.07, 6.45) is 2.17. The van der Waals surface area contributed by atoms with Crippen LogP contribution in [0, 0.1) is 6.92 Å². The topological polar surface area (TPSA) is 64.0 Å². The lowest BCUT2D eigenvalue weighted by molar-refractivity contribution is -0.120. The highest BCUT2D eigenvalue weighted by Crippen LogP contribution is 2.24. The molecule has 1 heterocycles. The fraction of sp³-hybridized carbons (Fsp3) is 0.421. The van der Waals surface area contributed by atoms with Crippen LogP contribution in [0.3, 0.4) is 0 Å². The van der Waals surface area contributed by atoms with Crippen LogP contribution in [0.2, 0.25) is 10.0 Å². The number of carbonyl (C=O) groups is 1. The van der Waals surface area contributed by atoms with Gasteiger partial charge in [0.05, 0.1) is 5.25 Å². The van der Waals surface area contributed by atoms with Crippen LogP contribution in [-0.4, -0.2) is 27.3 Å². The van der Waals surface area contributed by atoms with Gasteiger partial charge < -0.3 is 5.32 Å². The van der Waals surface area contributed by atoms with E-state index in [-0.39, 0.29) is 16.7 Å². The summed E-state index contributed by atoms with van der Waals surface area (Å²) in [6.45, 7) is 4.27. The van der Waals surface area contributed by atoms with Crippen molar-refractivity contribution in [3.8, 4) is 0 Å². The number of aryl methyl sites for hydroxylation is 1. The van der Waals surface area contributed by atoms with E-state index in [1.807, 2.05) is 13.0 Å². The largest absolute Gasteiger partial charge is 0.355 e. The van der Waals surface area contributed by atoms with E-state index in [4.69, 9.17) is 23.2 Å². The van der Waals surface area contributed by atoms with E-state index >= 15 is 0 Å². The van der Waals surface area contributed by atoms with Crippen LogP contribution in [0.15, 0.2) is 34.2 Å². The van der Waals surface area contributed by atoms with E-state index in [0.29, 0.717) is 40.3 Å². The Hall–Kier alpha value is -1.50. The van der Waals surface area contributed by atoms with Crippen molar-refractivity contribution >= 4 is 40.9 Å². The highest BCUT2D eigenvalue weighted by atomic mass is 35.5. The molecule has 0 saturated heterocycles. The van der Waals surface area contributed by atoms with E-state index in [0.717, 1.165) is 12.0 Å². The Bertz CT molecular complexity index is 871. The SMILES string of the molecule is CCCC(Sc1nc(C)cc(=O)n1C)C(=O)NCCc1ccc(Cl)cc1Cl. The molecule has 2 aromatic rings. The lowest BCUT2D eigenvalue weighted by atomic mass is 10.1. The van der Waals surface area contributed by atoms with Crippen molar-refractivity contribution in [2.45, 2.75) is 43.5 Å². The van der Waals surface area contributed by atoms with Crippen molar-refractivity contribution in [3.63, 3.8) is 0 Å². The fourth-order valence-corrected chi connectivity index (χ4v) is 4.27. The predicted octanol–water partition coefficient (Wildman–Crippen LogP) is 4.02. The second-order valence-corrected chi connectivity index (χ2v) is 8.26. The number of nitrogens with zero attached hydrogens (tertiary/aromatic N) is 2. The van der Waals surface area contributed by atoms with Gasteiger partial charge in [-0.25, -0.2) is 4.98 Å². The number of thioether (sulfide) groups is 1. The average Bonchev–Trinajstić information content (AvgIpc) is 2.60. The molecular weight excluding hydrogens is 405 g/mol. The Morgan fingerprint density at radius 2 is 2.07 bits per heavy atom. The molecule has 0 aliphatic rings. The minimum Gasteiger partial charge on any atom is -0.355 e. The van der Waals surface area contributed by atoms with Gasteiger partial charge in [-0.15, -0.1) is 0 Å². The first-order valence-electron chi connectivity index (χ1n) is 8.74. The Labute approximate surface area is 173 Å². The van der Waals surface area contributed by atoms with Crippen molar-refractivity contribution in [1.29, 1.82) is 0 Å². The molecule has 1 N–H and O–H groups in total. The van der Waals surface area contributed by atoms with E-state index < -0.39 is 0 Å². The van der Waals surface area contributed by atoms with Gasteiger partial charge in [-0.05, 0) is 37.5 Å². The maximum atomic E-state index is 12.6. The second-order valence-electron chi connectivity index (χ2n) is 6.25. The standard InChI is InChI=1S/C19H23Cl2N3O2S/c1-4-5-16(27-19-23-12(2)10-17(25)24(19)3)18(26)22-9-8-13-6-7-14(20)11-15(13)21/h6-7,10-11,16H,4-5,8-9H2,1-3H3,(H,22,26). The summed E-state index contributed by atoms with van der Waals surface area (Å²) in [5.74, 6) is -0.0670. The van der Waals surface area contributed by atoms with Crippen LogP contribution in [0.5, 0.6) is 0 Å². The van der Waals surface area contributed by atoms with Crippen molar-refractivity contribution in [2.75, 3.05) is 6.54 Å².